The zero-order valence-corrected chi connectivity index (χ0v) is 14.1. The summed E-state index contributed by atoms with van der Waals surface area (Å²) in [4.78, 5) is 10.3. The second kappa shape index (κ2) is 9.78. The van der Waals surface area contributed by atoms with Crippen LogP contribution in [0.25, 0.3) is 0 Å². The summed E-state index contributed by atoms with van der Waals surface area (Å²) in [5.74, 6) is -0.959. The summed E-state index contributed by atoms with van der Waals surface area (Å²) in [7, 11) is -4.02. The maximum atomic E-state index is 10.5. The number of rotatable bonds is 4. The SMILES string of the molecule is Cc1ccc(S(=O)(=O)O)cc1.N.N[C@H](Cc1ccccc1)C(=O)O. The molecule has 0 bridgehead atoms. The Labute approximate surface area is 141 Å². The van der Waals surface area contributed by atoms with Crippen LogP contribution in [-0.2, 0) is 21.3 Å². The highest BCUT2D eigenvalue weighted by molar-refractivity contribution is 7.85. The number of benzene rings is 2. The van der Waals surface area contributed by atoms with Gasteiger partial charge in [-0.3, -0.25) is 9.35 Å². The van der Waals surface area contributed by atoms with Crippen molar-refractivity contribution < 1.29 is 22.9 Å². The lowest BCUT2D eigenvalue weighted by Crippen LogP contribution is -2.32. The smallest absolute Gasteiger partial charge is 0.320 e. The fraction of sp³-hybridized carbons (Fsp3) is 0.188. The van der Waals surface area contributed by atoms with Crippen molar-refractivity contribution in [3.8, 4) is 0 Å². The topological polar surface area (TPSA) is 153 Å². The van der Waals surface area contributed by atoms with Crippen molar-refractivity contribution in [2.24, 2.45) is 5.73 Å². The number of hydrogen-bond acceptors (Lipinski definition) is 5. The molecule has 0 aromatic heterocycles. The van der Waals surface area contributed by atoms with E-state index in [4.69, 9.17) is 15.4 Å². The Bertz CT molecular complexity index is 731. The first kappa shape index (κ1) is 21.7. The molecule has 7 nitrogen and oxygen atoms in total. The van der Waals surface area contributed by atoms with Gasteiger partial charge in [0.1, 0.15) is 6.04 Å². The summed E-state index contributed by atoms with van der Waals surface area (Å²) in [6.07, 6.45) is 0.385. The summed E-state index contributed by atoms with van der Waals surface area (Å²) in [6, 6.07) is 14.5. The summed E-state index contributed by atoms with van der Waals surface area (Å²) in [5.41, 5.74) is 7.26. The molecule has 0 saturated heterocycles. The minimum atomic E-state index is -4.02. The number of carboxylic acids is 1. The highest BCUT2D eigenvalue weighted by atomic mass is 32.2. The minimum Gasteiger partial charge on any atom is -0.480 e. The van der Waals surface area contributed by atoms with Gasteiger partial charge in [-0.2, -0.15) is 8.42 Å². The first-order valence-electron chi connectivity index (χ1n) is 6.76. The molecule has 0 aliphatic heterocycles. The number of aliphatic carboxylic acids is 1. The zero-order chi connectivity index (χ0) is 17.5. The van der Waals surface area contributed by atoms with Crippen LogP contribution in [0.2, 0.25) is 0 Å². The standard InChI is InChI=1S/C9H11NO2.C7H8O3S.H3N/c10-8(9(11)12)6-7-4-2-1-3-5-7;1-6-2-4-7(5-3-6)11(8,9)10;/h1-5,8H,6,10H2,(H,11,12);2-5H,1H3,(H,8,9,10);1H3/t8-;;/m1../s1. The van der Waals surface area contributed by atoms with Crippen molar-refractivity contribution in [2.75, 3.05) is 0 Å². The Balaban J connectivity index is 0.000000425. The lowest BCUT2D eigenvalue weighted by Gasteiger charge is -2.04. The quantitative estimate of drug-likeness (QED) is 0.613. The van der Waals surface area contributed by atoms with Crippen LogP contribution in [-0.4, -0.2) is 30.1 Å². The van der Waals surface area contributed by atoms with Crippen molar-refractivity contribution in [3.63, 3.8) is 0 Å². The third kappa shape index (κ3) is 7.84. The molecule has 0 heterocycles. The highest BCUT2D eigenvalue weighted by Crippen LogP contribution is 2.08. The second-order valence-electron chi connectivity index (χ2n) is 4.92. The van der Waals surface area contributed by atoms with E-state index in [2.05, 4.69) is 0 Å². The van der Waals surface area contributed by atoms with Gasteiger partial charge in [0.2, 0.25) is 0 Å². The maximum Gasteiger partial charge on any atom is 0.320 e. The lowest BCUT2D eigenvalue weighted by molar-refractivity contribution is -0.138. The summed E-state index contributed by atoms with van der Waals surface area (Å²) >= 11 is 0. The molecule has 1 atom stereocenters. The van der Waals surface area contributed by atoms with E-state index in [1.54, 1.807) is 12.1 Å². The molecule has 0 radical (unpaired) electrons. The number of aryl methyl sites for hydroxylation is 1. The van der Waals surface area contributed by atoms with E-state index in [1.165, 1.54) is 12.1 Å². The van der Waals surface area contributed by atoms with Crippen LogP contribution in [0.5, 0.6) is 0 Å². The third-order valence-electron chi connectivity index (χ3n) is 2.93. The Morgan fingerprint density at radius 1 is 1.08 bits per heavy atom. The van der Waals surface area contributed by atoms with Gasteiger partial charge in [0.15, 0.2) is 0 Å². The Morgan fingerprint density at radius 3 is 2.00 bits per heavy atom. The molecule has 24 heavy (non-hydrogen) atoms. The zero-order valence-electron chi connectivity index (χ0n) is 13.3. The Hall–Kier alpha value is -2.26. The molecule has 0 amide bonds. The largest absolute Gasteiger partial charge is 0.480 e. The fourth-order valence-electron chi connectivity index (χ4n) is 1.67. The summed E-state index contributed by atoms with van der Waals surface area (Å²) in [6.45, 7) is 1.84. The molecule has 0 saturated carbocycles. The molecule has 0 aliphatic carbocycles. The highest BCUT2D eigenvalue weighted by Gasteiger charge is 2.11. The van der Waals surface area contributed by atoms with Gasteiger partial charge in [-0.05, 0) is 31.0 Å². The molecular weight excluding hydrogens is 332 g/mol. The van der Waals surface area contributed by atoms with Crippen LogP contribution in [0, 0.1) is 6.92 Å². The number of hydrogen-bond donors (Lipinski definition) is 4. The van der Waals surface area contributed by atoms with Crippen LogP contribution >= 0.6 is 0 Å². The number of carbonyl (C=O) groups is 1. The van der Waals surface area contributed by atoms with E-state index in [0.29, 0.717) is 6.42 Å². The average molecular weight is 354 g/mol. The fourth-order valence-corrected chi connectivity index (χ4v) is 2.15. The van der Waals surface area contributed by atoms with Crippen molar-refractivity contribution in [2.45, 2.75) is 24.3 Å². The van der Waals surface area contributed by atoms with E-state index in [1.807, 2.05) is 37.3 Å². The predicted octanol–water partition coefficient (Wildman–Crippen LogP) is 2.04. The Kier molecular flexibility index (Phi) is 8.86. The monoisotopic (exact) mass is 354 g/mol. The molecule has 2 aromatic carbocycles. The molecule has 8 heteroatoms. The van der Waals surface area contributed by atoms with Crippen LogP contribution in [0.1, 0.15) is 11.1 Å². The first-order chi connectivity index (χ1) is 10.7. The van der Waals surface area contributed by atoms with E-state index in [-0.39, 0.29) is 11.0 Å². The van der Waals surface area contributed by atoms with Gasteiger partial charge in [-0.1, -0.05) is 48.0 Å². The lowest BCUT2D eigenvalue weighted by atomic mass is 10.1. The molecule has 0 aliphatic rings. The van der Waals surface area contributed by atoms with Gasteiger partial charge in [0, 0.05) is 0 Å². The van der Waals surface area contributed by atoms with Gasteiger partial charge in [0.05, 0.1) is 4.90 Å². The van der Waals surface area contributed by atoms with Crippen LogP contribution in [0.4, 0.5) is 0 Å². The summed E-state index contributed by atoms with van der Waals surface area (Å²) < 4.78 is 29.6. The average Bonchev–Trinajstić information content (AvgIpc) is 2.48. The Morgan fingerprint density at radius 2 is 1.58 bits per heavy atom. The van der Waals surface area contributed by atoms with Gasteiger partial charge < -0.3 is 17.0 Å². The molecule has 0 spiro atoms. The second-order valence-corrected chi connectivity index (χ2v) is 6.34. The maximum absolute atomic E-state index is 10.5. The van der Waals surface area contributed by atoms with Crippen LogP contribution in [0.15, 0.2) is 59.5 Å². The van der Waals surface area contributed by atoms with E-state index >= 15 is 0 Å². The number of nitrogens with two attached hydrogens (primary N) is 1. The third-order valence-corrected chi connectivity index (χ3v) is 3.80. The van der Waals surface area contributed by atoms with E-state index in [9.17, 15) is 13.2 Å². The van der Waals surface area contributed by atoms with Crippen LogP contribution < -0.4 is 11.9 Å². The minimum absolute atomic E-state index is 0. The van der Waals surface area contributed by atoms with Crippen molar-refractivity contribution in [3.05, 3.63) is 65.7 Å². The van der Waals surface area contributed by atoms with Gasteiger partial charge >= 0.3 is 5.97 Å². The van der Waals surface area contributed by atoms with Crippen LogP contribution in [0.3, 0.4) is 0 Å². The van der Waals surface area contributed by atoms with Crippen molar-refractivity contribution in [1.29, 1.82) is 0 Å². The van der Waals surface area contributed by atoms with Crippen molar-refractivity contribution in [1.82, 2.24) is 6.15 Å². The molecule has 2 rings (SSSR count). The molecule has 0 unspecified atom stereocenters. The molecule has 7 N–H and O–H groups in total. The van der Waals surface area contributed by atoms with Crippen molar-refractivity contribution >= 4 is 16.1 Å². The van der Waals surface area contributed by atoms with E-state index < -0.39 is 22.1 Å². The molecule has 2 aromatic rings. The summed E-state index contributed by atoms with van der Waals surface area (Å²) in [5, 5.41) is 8.52. The molecule has 0 fully saturated rings. The first-order valence-corrected chi connectivity index (χ1v) is 8.20. The number of carboxylic acid groups (broad SMARTS) is 1. The molecule has 132 valence electrons. The van der Waals surface area contributed by atoms with Gasteiger partial charge in [-0.25, -0.2) is 0 Å². The van der Waals surface area contributed by atoms with E-state index in [0.717, 1.165) is 11.1 Å². The normalized spacial score (nSPS) is 11.5. The predicted molar refractivity (Wildman–Crippen MR) is 91.8 cm³/mol. The van der Waals surface area contributed by atoms with Gasteiger partial charge in [0.25, 0.3) is 10.1 Å². The van der Waals surface area contributed by atoms with Gasteiger partial charge in [-0.15, -0.1) is 0 Å². The molecular formula is C16H22N2O5S.